The second-order valence-electron chi connectivity index (χ2n) is 8.62. The Kier molecular flexibility index (Phi) is 7.24. The molecule has 0 aliphatic carbocycles. The van der Waals surface area contributed by atoms with E-state index in [0.717, 1.165) is 24.0 Å². The molecular formula is C28H28N4O2. The zero-order valence-corrected chi connectivity index (χ0v) is 19.3. The predicted octanol–water partition coefficient (Wildman–Crippen LogP) is 5.21. The van der Waals surface area contributed by atoms with Crippen LogP contribution in [0.4, 0.5) is 10.5 Å². The first-order chi connectivity index (χ1) is 16.5. The Balaban J connectivity index is 1.35. The summed E-state index contributed by atoms with van der Waals surface area (Å²) < 4.78 is 0. The Labute approximate surface area is 200 Å². The quantitative estimate of drug-likeness (QED) is 0.557. The Hall–Kier alpha value is -4.11. The molecule has 0 bridgehead atoms. The van der Waals surface area contributed by atoms with Gasteiger partial charge in [0, 0.05) is 30.9 Å². The third-order valence-electron chi connectivity index (χ3n) is 6.32. The van der Waals surface area contributed by atoms with Gasteiger partial charge in [-0.3, -0.25) is 4.79 Å². The molecule has 172 valence electrons. The highest BCUT2D eigenvalue weighted by Gasteiger charge is 2.25. The summed E-state index contributed by atoms with van der Waals surface area (Å²) in [5.74, 6) is 0.378. The van der Waals surface area contributed by atoms with E-state index in [0.29, 0.717) is 42.4 Å². The summed E-state index contributed by atoms with van der Waals surface area (Å²) in [4.78, 5) is 27.5. The number of hydrogen-bond donors (Lipinski definition) is 2. The van der Waals surface area contributed by atoms with Crippen LogP contribution in [-0.4, -0.2) is 29.9 Å². The van der Waals surface area contributed by atoms with Crippen molar-refractivity contribution < 1.29 is 9.59 Å². The molecule has 3 aromatic carbocycles. The van der Waals surface area contributed by atoms with E-state index in [2.05, 4.69) is 16.7 Å². The maximum Gasteiger partial charge on any atom is 0.319 e. The SMILES string of the molecule is Cc1ccc(NC(=O)NCc2ccccc2)cc1C(=O)N1CCC(c2ccc(C#N)cc2)CC1. The molecule has 2 N–H and O–H groups in total. The van der Waals surface area contributed by atoms with E-state index < -0.39 is 0 Å². The minimum atomic E-state index is -0.311. The molecule has 0 spiro atoms. The van der Waals surface area contributed by atoms with Gasteiger partial charge in [-0.2, -0.15) is 5.26 Å². The molecule has 3 aromatic rings. The number of nitriles is 1. The number of nitrogens with zero attached hydrogens (tertiary/aromatic N) is 2. The Morgan fingerprint density at radius 3 is 2.38 bits per heavy atom. The van der Waals surface area contributed by atoms with Crippen LogP contribution in [0.2, 0.25) is 0 Å². The number of likely N-dealkylation sites (tertiary alicyclic amines) is 1. The van der Waals surface area contributed by atoms with Crippen molar-refractivity contribution in [3.63, 3.8) is 0 Å². The zero-order valence-electron chi connectivity index (χ0n) is 19.3. The second-order valence-corrected chi connectivity index (χ2v) is 8.62. The molecule has 6 nitrogen and oxygen atoms in total. The van der Waals surface area contributed by atoms with Gasteiger partial charge in [-0.15, -0.1) is 0 Å². The van der Waals surface area contributed by atoms with Crippen molar-refractivity contribution in [3.05, 3.63) is 101 Å². The number of anilines is 1. The number of rotatable bonds is 5. The number of benzene rings is 3. The van der Waals surface area contributed by atoms with Gasteiger partial charge in [0.2, 0.25) is 0 Å². The van der Waals surface area contributed by atoms with Crippen LogP contribution in [0.3, 0.4) is 0 Å². The van der Waals surface area contributed by atoms with Crippen LogP contribution < -0.4 is 10.6 Å². The van der Waals surface area contributed by atoms with Crippen molar-refractivity contribution in [3.8, 4) is 6.07 Å². The summed E-state index contributed by atoms with van der Waals surface area (Å²) in [6.07, 6.45) is 1.77. The Bertz CT molecular complexity index is 1190. The molecule has 1 aliphatic heterocycles. The molecule has 1 heterocycles. The van der Waals surface area contributed by atoms with Crippen LogP contribution in [0.15, 0.2) is 72.8 Å². The maximum atomic E-state index is 13.3. The monoisotopic (exact) mass is 452 g/mol. The number of urea groups is 1. The molecule has 4 rings (SSSR count). The summed E-state index contributed by atoms with van der Waals surface area (Å²) >= 11 is 0. The van der Waals surface area contributed by atoms with Crippen LogP contribution in [0, 0.1) is 18.3 Å². The molecule has 0 aromatic heterocycles. The van der Waals surface area contributed by atoms with E-state index in [-0.39, 0.29) is 11.9 Å². The first kappa shape index (κ1) is 23.1. The molecule has 34 heavy (non-hydrogen) atoms. The molecule has 1 saturated heterocycles. The largest absolute Gasteiger partial charge is 0.339 e. The fraction of sp³-hybridized carbons (Fsp3) is 0.250. The van der Waals surface area contributed by atoms with Gasteiger partial charge < -0.3 is 15.5 Å². The van der Waals surface area contributed by atoms with Crippen molar-refractivity contribution >= 4 is 17.6 Å². The van der Waals surface area contributed by atoms with Gasteiger partial charge >= 0.3 is 6.03 Å². The molecule has 3 amide bonds. The van der Waals surface area contributed by atoms with Gasteiger partial charge in [0.05, 0.1) is 11.6 Å². The van der Waals surface area contributed by atoms with Crippen LogP contribution >= 0.6 is 0 Å². The highest BCUT2D eigenvalue weighted by molar-refractivity contribution is 5.98. The Morgan fingerprint density at radius 1 is 1.00 bits per heavy atom. The smallest absolute Gasteiger partial charge is 0.319 e. The lowest BCUT2D eigenvalue weighted by Crippen LogP contribution is -2.38. The standard InChI is InChI=1S/C28H28N4O2/c1-20-7-12-25(31-28(34)30-19-22-5-3-2-4-6-22)17-26(20)27(33)32-15-13-24(14-16-32)23-10-8-21(18-29)9-11-23/h2-12,17,24H,13-16,19H2,1H3,(H2,30,31,34). The fourth-order valence-corrected chi connectivity index (χ4v) is 4.30. The van der Waals surface area contributed by atoms with Gasteiger partial charge in [0.1, 0.15) is 0 Å². The summed E-state index contributed by atoms with van der Waals surface area (Å²) in [5.41, 5.74) is 4.98. The van der Waals surface area contributed by atoms with E-state index in [1.54, 1.807) is 6.07 Å². The number of nitrogens with one attached hydrogen (secondary N) is 2. The number of aryl methyl sites for hydroxylation is 1. The maximum absolute atomic E-state index is 13.3. The van der Waals surface area contributed by atoms with Crippen molar-refractivity contribution in [2.75, 3.05) is 18.4 Å². The van der Waals surface area contributed by atoms with E-state index in [4.69, 9.17) is 5.26 Å². The normalized spacial score (nSPS) is 13.7. The molecule has 0 radical (unpaired) electrons. The molecule has 0 unspecified atom stereocenters. The molecule has 0 saturated carbocycles. The molecule has 0 atom stereocenters. The van der Waals surface area contributed by atoms with E-state index >= 15 is 0 Å². The number of carbonyl (C=O) groups excluding carboxylic acids is 2. The van der Waals surface area contributed by atoms with E-state index in [9.17, 15) is 9.59 Å². The van der Waals surface area contributed by atoms with E-state index in [1.165, 1.54) is 5.56 Å². The van der Waals surface area contributed by atoms with Crippen LogP contribution in [-0.2, 0) is 6.54 Å². The number of carbonyl (C=O) groups is 2. The lowest BCUT2D eigenvalue weighted by molar-refractivity contribution is 0.0712. The summed E-state index contributed by atoms with van der Waals surface area (Å²) in [6.45, 7) is 3.70. The lowest BCUT2D eigenvalue weighted by atomic mass is 9.88. The molecule has 1 fully saturated rings. The number of piperidine rings is 1. The molecule has 6 heteroatoms. The average molecular weight is 453 g/mol. The van der Waals surface area contributed by atoms with Crippen molar-refractivity contribution in [2.24, 2.45) is 0 Å². The van der Waals surface area contributed by atoms with Gasteiger partial charge in [-0.05, 0) is 66.6 Å². The third kappa shape index (κ3) is 5.62. The van der Waals surface area contributed by atoms with Gasteiger partial charge in [-0.1, -0.05) is 48.5 Å². The van der Waals surface area contributed by atoms with Crippen LogP contribution in [0.1, 0.15) is 51.4 Å². The van der Waals surface area contributed by atoms with Crippen LogP contribution in [0.5, 0.6) is 0 Å². The minimum absolute atomic E-state index is 0.0101. The van der Waals surface area contributed by atoms with Crippen molar-refractivity contribution in [2.45, 2.75) is 32.2 Å². The zero-order chi connectivity index (χ0) is 23.9. The molecular weight excluding hydrogens is 424 g/mol. The highest BCUT2D eigenvalue weighted by atomic mass is 16.2. The number of hydrogen-bond acceptors (Lipinski definition) is 3. The third-order valence-corrected chi connectivity index (χ3v) is 6.32. The predicted molar refractivity (Wildman–Crippen MR) is 133 cm³/mol. The fourth-order valence-electron chi connectivity index (χ4n) is 4.30. The summed E-state index contributed by atoms with van der Waals surface area (Å²) in [5, 5.41) is 14.7. The Morgan fingerprint density at radius 2 is 1.71 bits per heavy atom. The van der Waals surface area contributed by atoms with E-state index in [1.807, 2.05) is 78.6 Å². The van der Waals surface area contributed by atoms with Gasteiger partial charge in [0.25, 0.3) is 5.91 Å². The minimum Gasteiger partial charge on any atom is -0.339 e. The van der Waals surface area contributed by atoms with Gasteiger partial charge in [0.15, 0.2) is 0 Å². The summed E-state index contributed by atoms with van der Waals surface area (Å²) in [7, 11) is 0. The number of amides is 3. The topological polar surface area (TPSA) is 85.2 Å². The average Bonchev–Trinajstić information content (AvgIpc) is 2.89. The highest BCUT2D eigenvalue weighted by Crippen LogP contribution is 2.29. The first-order valence-corrected chi connectivity index (χ1v) is 11.5. The van der Waals surface area contributed by atoms with Crippen molar-refractivity contribution in [1.82, 2.24) is 10.2 Å². The first-order valence-electron chi connectivity index (χ1n) is 11.5. The second kappa shape index (κ2) is 10.7. The molecule has 1 aliphatic rings. The summed E-state index contributed by atoms with van der Waals surface area (Å²) in [6, 6.07) is 24.7. The lowest BCUT2D eigenvalue weighted by Gasteiger charge is -2.32. The van der Waals surface area contributed by atoms with Crippen molar-refractivity contribution in [1.29, 1.82) is 5.26 Å². The van der Waals surface area contributed by atoms with Gasteiger partial charge in [-0.25, -0.2) is 4.79 Å². The van der Waals surface area contributed by atoms with Crippen LogP contribution in [0.25, 0.3) is 0 Å².